The molecule has 0 radical (unpaired) electrons. The van der Waals surface area contributed by atoms with Gasteiger partial charge < -0.3 is 40.2 Å². The van der Waals surface area contributed by atoms with E-state index in [-0.39, 0.29) is 6.15 Å². The summed E-state index contributed by atoms with van der Waals surface area (Å²) in [5.74, 6) is 0. The lowest BCUT2D eigenvalue weighted by atomic mass is 10.4. The third-order valence-corrected chi connectivity index (χ3v) is 0.544. The first kappa shape index (κ1) is 27.3. The molecule has 0 fully saturated rings. The van der Waals surface area contributed by atoms with Crippen LogP contribution in [0, 0.1) is 0 Å². The number of hydrogen-bond acceptors (Lipinski definition) is 4. The molecule has 0 spiro atoms. The zero-order chi connectivity index (χ0) is 14.9. The van der Waals surface area contributed by atoms with Crippen molar-refractivity contribution in [2.75, 3.05) is 0 Å². The SMILES string of the molecule is CC(C)OC(C)C.N.OP(O)(O)=S.OP(O)(O)=S. The van der Waals surface area contributed by atoms with Gasteiger partial charge in [0, 0.05) is 0 Å². The molecule has 0 aromatic rings. The second-order valence-electron chi connectivity index (χ2n) is 3.26. The fourth-order valence-corrected chi connectivity index (χ4v) is 0.544. The van der Waals surface area contributed by atoms with Crippen molar-refractivity contribution in [1.82, 2.24) is 6.15 Å². The van der Waals surface area contributed by atoms with Crippen LogP contribution >= 0.6 is 13.4 Å². The van der Waals surface area contributed by atoms with Gasteiger partial charge in [-0.25, -0.2) is 0 Å². The molecule has 0 saturated heterocycles. The predicted molar refractivity (Wildman–Crippen MR) is 78.3 cm³/mol. The van der Waals surface area contributed by atoms with Gasteiger partial charge in [0.15, 0.2) is 0 Å². The Balaban J connectivity index is -0.0000000813. The Morgan fingerprint density at radius 1 is 0.722 bits per heavy atom. The average Bonchev–Trinajstić information content (AvgIpc) is 1.71. The van der Waals surface area contributed by atoms with E-state index in [1.165, 1.54) is 0 Å². The van der Waals surface area contributed by atoms with Crippen LogP contribution in [0.4, 0.5) is 0 Å². The van der Waals surface area contributed by atoms with Crippen LogP contribution in [0.1, 0.15) is 27.7 Å². The van der Waals surface area contributed by atoms with Crippen molar-refractivity contribution in [3.63, 3.8) is 0 Å². The molecule has 9 N–H and O–H groups in total. The van der Waals surface area contributed by atoms with Gasteiger partial charge in [0.25, 0.3) is 0 Å². The van der Waals surface area contributed by atoms with Crippen LogP contribution in [0.2, 0.25) is 0 Å². The molecule has 18 heavy (non-hydrogen) atoms. The van der Waals surface area contributed by atoms with Crippen LogP contribution < -0.4 is 6.15 Å². The summed E-state index contributed by atoms with van der Waals surface area (Å²) in [6, 6.07) is 0. The highest BCUT2D eigenvalue weighted by molar-refractivity contribution is 8.06. The van der Waals surface area contributed by atoms with Gasteiger partial charge >= 0.3 is 13.4 Å². The van der Waals surface area contributed by atoms with Crippen LogP contribution in [-0.2, 0) is 28.4 Å². The van der Waals surface area contributed by atoms with E-state index in [2.05, 4.69) is 23.6 Å². The fourth-order valence-electron chi connectivity index (χ4n) is 0.544. The van der Waals surface area contributed by atoms with E-state index in [4.69, 9.17) is 34.1 Å². The third kappa shape index (κ3) is 175. The summed E-state index contributed by atoms with van der Waals surface area (Å²) < 4.78 is 5.25. The van der Waals surface area contributed by atoms with Crippen LogP contribution in [0.15, 0.2) is 0 Å². The average molecular weight is 347 g/mol. The normalized spacial score (nSPS) is 10.9. The Morgan fingerprint density at radius 3 is 0.833 bits per heavy atom. The second-order valence-corrected chi connectivity index (χ2v) is 8.25. The Bertz CT molecular complexity index is 222. The molecule has 0 amide bonds. The van der Waals surface area contributed by atoms with E-state index in [1.54, 1.807) is 0 Å². The van der Waals surface area contributed by atoms with Gasteiger partial charge in [-0.05, 0) is 51.3 Å². The summed E-state index contributed by atoms with van der Waals surface area (Å²) in [7, 11) is 0. The van der Waals surface area contributed by atoms with E-state index in [9.17, 15) is 0 Å². The summed E-state index contributed by atoms with van der Waals surface area (Å²) in [6.07, 6.45) is 0.750. The molecule has 12 heteroatoms. The fraction of sp³-hybridized carbons (Fsp3) is 1.00. The highest BCUT2D eigenvalue weighted by Crippen LogP contribution is 2.26. The molecular weight excluding hydrogens is 324 g/mol. The monoisotopic (exact) mass is 347 g/mol. The van der Waals surface area contributed by atoms with E-state index < -0.39 is 13.4 Å². The molecule has 8 nitrogen and oxygen atoms in total. The van der Waals surface area contributed by atoms with Crippen molar-refractivity contribution >= 4 is 37.1 Å². The summed E-state index contributed by atoms with van der Waals surface area (Å²) >= 11 is 7.21. The van der Waals surface area contributed by atoms with Gasteiger partial charge in [-0.15, -0.1) is 0 Å². The molecule has 0 saturated carbocycles. The van der Waals surface area contributed by atoms with Crippen molar-refractivity contribution in [2.24, 2.45) is 0 Å². The highest BCUT2D eigenvalue weighted by atomic mass is 32.5. The maximum absolute atomic E-state index is 7.56. The molecule has 0 unspecified atom stereocenters. The van der Waals surface area contributed by atoms with Crippen LogP contribution in [0.25, 0.3) is 0 Å². The lowest BCUT2D eigenvalue weighted by molar-refractivity contribution is 0.0300. The van der Waals surface area contributed by atoms with Gasteiger partial charge in [0.05, 0.1) is 12.2 Å². The molecule has 0 rings (SSSR count). The lowest BCUT2D eigenvalue weighted by Crippen LogP contribution is -2.09. The lowest BCUT2D eigenvalue weighted by Gasteiger charge is -2.09. The Hall–Kier alpha value is 0.980. The minimum Gasteiger partial charge on any atom is -0.376 e. The van der Waals surface area contributed by atoms with Gasteiger partial charge in [0.1, 0.15) is 0 Å². The molecule has 0 aliphatic carbocycles. The zero-order valence-corrected chi connectivity index (χ0v) is 14.1. The number of hydrogen-bond donors (Lipinski definition) is 7. The van der Waals surface area contributed by atoms with Crippen molar-refractivity contribution in [3.8, 4) is 0 Å². The van der Waals surface area contributed by atoms with Crippen molar-refractivity contribution < 1.29 is 34.1 Å². The molecule has 0 aliphatic rings. The van der Waals surface area contributed by atoms with Crippen molar-refractivity contribution in [2.45, 2.75) is 39.9 Å². The maximum Gasteiger partial charge on any atom is 0.319 e. The molecule has 0 aliphatic heterocycles. The first-order chi connectivity index (χ1) is 7.13. The Morgan fingerprint density at radius 2 is 0.833 bits per heavy atom. The van der Waals surface area contributed by atoms with Crippen molar-refractivity contribution in [3.05, 3.63) is 0 Å². The number of rotatable bonds is 2. The van der Waals surface area contributed by atoms with E-state index in [0.717, 1.165) is 0 Å². The van der Waals surface area contributed by atoms with Gasteiger partial charge in [0.2, 0.25) is 0 Å². The largest absolute Gasteiger partial charge is 0.376 e. The summed E-state index contributed by atoms with van der Waals surface area (Å²) in [6.45, 7) is 0.556. The zero-order valence-electron chi connectivity index (χ0n) is 10.7. The topological polar surface area (TPSA) is 166 Å². The first-order valence-corrected chi connectivity index (χ1v) is 9.67. The molecular formula is C6H23NO7P2S2. The maximum atomic E-state index is 7.56. The quantitative estimate of drug-likeness (QED) is 0.347. The Labute approximate surface area is 117 Å². The summed E-state index contributed by atoms with van der Waals surface area (Å²) in [4.78, 5) is 45.3. The van der Waals surface area contributed by atoms with Gasteiger partial charge in [-0.1, -0.05) is 0 Å². The van der Waals surface area contributed by atoms with Gasteiger partial charge in [-0.3, -0.25) is 0 Å². The van der Waals surface area contributed by atoms with E-state index in [1.807, 2.05) is 27.7 Å². The second kappa shape index (κ2) is 13.0. The first-order valence-electron chi connectivity index (χ1n) is 4.35. The van der Waals surface area contributed by atoms with Gasteiger partial charge in [-0.2, -0.15) is 0 Å². The molecule has 0 heterocycles. The molecule has 0 aromatic heterocycles. The summed E-state index contributed by atoms with van der Waals surface area (Å²) in [5, 5.41) is 0. The van der Waals surface area contributed by atoms with Crippen LogP contribution in [0.5, 0.6) is 0 Å². The molecule has 0 atom stereocenters. The summed E-state index contributed by atoms with van der Waals surface area (Å²) in [5.41, 5.74) is 0. The Kier molecular flexibility index (Phi) is 19.7. The predicted octanol–water partition coefficient (Wildman–Crippen LogP) is 0.357. The minimum atomic E-state index is -3.81. The van der Waals surface area contributed by atoms with Crippen molar-refractivity contribution in [1.29, 1.82) is 0 Å². The van der Waals surface area contributed by atoms with E-state index in [0.29, 0.717) is 12.2 Å². The minimum absolute atomic E-state index is 0. The molecule has 0 bridgehead atoms. The third-order valence-electron chi connectivity index (χ3n) is 0.544. The van der Waals surface area contributed by atoms with Crippen LogP contribution in [-0.4, -0.2) is 41.6 Å². The smallest absolute Gasteiger partial charge is 0.319 e. The molecule has 0 aromatic carbocycles. The van der Waals surface area contributed by atoms with Crippen LogP contribution in [0.3, 0.4) is 0 Å². The van der Waals surface area contributed by atoms with E-state index >= 15 is 0 Å². The highest BCUT2D eigenvalue weighted by Gasteiger charge is 1.94. The standard InChI is InChI=1S/C6H14O.H3N.2H3O3PS/c1-5(2)7-6(3)4;;2*1-4(2,3)5/h5-6H,1-4H3;1H3;2*(H3,1,2,3,5). The number of ether oxygens (including phenoxy) is 1. The molecule has 116 valence electrons.